The number of benzene rings is 2. The molecule has 154 valence electrons. The highest BCUT2D eigenvalue weighted by molar-refractivity contribution is 5.90. The number of anilines is 1. The molecule has 3 unspecified atom stereocenters. The summed E-state index contributed by atoms with van der Waals surface area (Å²) in [6, 6.07) is 12.8. The predicted octanol–water partition coefficient (Wildman–Crippen LogP) is 1.60. The fourth-order valence-corrected chi connectivity index (χ4v) is 3.87. The van der Waals surface area contributed by atoms with Gasteiger partial charge in [0.25, 0.3) is 0 Å². The second-order valence-corrected chi connectivity index (χ2v) is 6.93. The zero-order chi connectivity index (χ0) is 20.4. The first-order valence-electron chi connectivity index (χ1n) is 9.33. The average Bonchev–Trinajstić information content (AvgIpc) is 3.16. The molecule has 2 amide bonds. The van der Waals surface area contributed by atoms with E-state index < -0.39 is 11.7 Å². The van der Waals surface area contributed by atoms with Crippen LogP contribution in [0.25, 0.3) is 0 Å². The van der Waals surface area contributed by atoms with Crippen molar-refractivity contribution in [2.24, 2.45) is 0 Å². The fraction of sp³-hybridized carbons (Fsp3) is 0.350. The first-order valence-corrected chi connectivity index (χ1v) is 9.33. The molecule has 0 aliphatic carbocycles. The molecule has 0 radical (unpaired) electrons. The van der Waals surface area contributed by atoms with Gasteiger partial charge in [-0.1, -0.05) is 12.1 Å². The van der Waals surface area contributed by atoms with Crippen LogP contribution in [0.15, 0.2) is 48.5 Å². The van der Waals surface area contributed by atoms with Crippen LogP contribution in [-0.2, 0) is 4.84 Å². The Bertz CT molecular complexity index is 864. The number of hydrogen-bond acceptors (Lipinski definition) is 6. The van der Waals surface area contributed by atoms with Crippen LogP contribution in [0.5, 0.6) is 5.75 Å². The normalized spacial score (nSPS) is 27.2. The molecule has 0 bridgehead atoms. The number of aliphatic hydroxyl groups excluding tert-OH is 1. The van der Waals surface area contributed by atoms with Gasteiger partial charge in [-0.25, -0.2) is 9.18 Å². The second-order valence-electron chi connectivity index (χ2n) is 6.93. The Morgan fingerprint density at radius 2 is 2.00 bits per heavy atom. The van der Waals surface area contributed by atoms with E-state index in [-0.39, 0.29) is 31.1 Å². The molecule has 2 fully saturated rings. The van der Waals surface area contributed by atoms with Crippen LogP contribution in [-0.4, -0.2) is 54.9 Å². The summed E-state index contributed by atoms with van der Waals surface area (Å²) in [7, 11) is 1.61. The molecule has 4 atom stereocenters. The van der Waals surface area contributed by atoms with Crippen LogP contribution in [0.2, 0.25) is 0 Å². The number of rotatable bonds is 7. The number of halogens is 1. The summed E-state index contributed by atoms with van der Waals surface area (Å²) in [5, 5.41) is 19.8. The lowest BCUT2D eigenvalue weighted by Crippen LogP contribution is -2.48. The van der Waals surface area contributed by atoms with Crippen LogP contribution in [0.1, 0.15) is 11.5 Å². The highest BCUT2D eigenvalue weighted by Gasteiger charge is 2.73. The van der Waals surface area contributed by atoms with E-state index in [0.29, 0.717) is 12.2 Å². The van der Waals surface area contributed by atoms with Crippen molar-refractivity contribution in [3.8, 4) is 5.75 Å². The topological polar surface area (TPSA) is 94.9 Å². The van der Waals surface area contributed by atoms with E-state index in [2.05, 4.69) is 16.0 Å². The van der Waals surface area contributed by atoms with E-state index in [4.69, 9.17) is 14.7 Å². The van der Waals surface area contributed by atoms with Crippen LogP contribution in [0, 0.1) is 5.82 Å². The fourth-order valence-electron chi connectivity index (χ4n) is 3.87. The number of nitrogens with zero attached hydrogens (tertiary/aromatic N) is 1. The molecule has 2 aliphatic rings. The third-order valence-corrected chi connectivity index (χ3v) is 5.25. The lowest BCUT2D eigenvalue weighted by atomic mass is 9.93. The molecule has 0 aromatic heterocycles. The van der Waals surface area contributed by atoms with Gasteiger partial charge in [0.2, 0.25) is 0 Å². The number of aliphatic hydroxyl groups is 1. The Morgan fingerprint density at radius 3 is 2.66 bits per heavy atom. The maximum absolute atomic E-state index is 13.1. The van der Waals surface area contributed by atoms with Gasteiger partial charge in [0.05, 0.1) is 20.3 Å². The van der Waals surface area contributed by atoms with Gasteiger partial charge >= 0.3 is 6.03 Å². The highest BCUT2D eigenvalue weighted by Crippen LogP contribution is 2.52. The molecule has 4 rings (SSSR count). The quantitative estimate of drug-likeness (QED) is 0.526. The van der Waals surface area contributed by atoms with Crippen molar-refractivity contribution in [2.45, 2.75) is 17.7 Å². The summed E-state index contributed by atoms with van der Waals surface area (Å²) in [6.07, 6.45) is -0.222. The number of ether oxygens (including phenoxy) is 1. The standard InChI is InChI=1S/C20H23FN4O4/c1-28-16-8-2-13(3-9-16)17-12-22-18-20(17,25(18)29-11-10-26)24-19(27)23-15-6-4-14(21)5-7-15/h2-9,17-18,22,26H,10-12H2,1H3,(H2,23,24,27)/t17?,18-,20?,25?/m0/s1. The number of urea groups is 1. The zero-order valence-electron chi connectivity index (χ0n) is 15.9. The van der Waals surface area contributed by atoms with E-state index in [1.54, 1.807) is 12.2 Å². The summed E-state index contributed by atoms with van der Waals surface area (Å²) in [5.74, 6) is 0.285. The van der Waals surface area contributed by atoms with Crippen LogP contribution >= 0.6 is 0 Å². The van der Waals surface area contributed by atoms with Crippen molar-refractivity contribution in [3.05, 3.63) is 59.9 Å². The van der Waals surface area contributed by atoms with Gasteiger partial charge in [-0.3, -0.25) is 10.2 Å². The Kier molecular flexibility index (Phi) is 5.37. The Balaban J connectivity index is 1.54. The first-order chi connectivity index (χ1) is 14.1. The van der Waals surface area contributed by atoms with Crippen molar-refractivity contribution >= 4 is 11.7 Å². The number of fused-ring (bicyclic) bond motifs is 1. The second kappa shape index (κ2) is 7.96. The third kappa shape index (κ3) is 3.65. The van der Waals surface area contributed by atoms with Crippen molar-refractivity contribution in [2.75, 3.05) is 32.2 Å². The number of nitrogens with one attached hydrogen (secondary N) is 3. The molecular formula is C20H23FN4O4. The number of carbonyl (C=O) groups is 1. The maximum atomic E-state index is 13.1. The number of methoxy groups -OCH3 is 1. The molecule has 2 aliphatic heterocycles. The third-order valence-electron chi connectivity index (χ3n) is 5.25. The van der Waals surface area contributed by atoms with Crippen molar-refractivity contribution in [1.82, 2.24) is 15.7 Å². The highest BCUT2D eigenvalue weighted by atomic mass is 19.1. The molecule has 8 nitrogen and oxygen atoms in total. The van der Waals surface area contributed by atoms with E-state index in [9.17, 15) is 9.18 Å². The summed E-state index contributed by atoms with van der Waals surface area (Å²) in [4.78, 5) is 18.3. The van der Waals surface area contributed by atoms with Gasteiger partial charge in [0.15, 0.2) is 5.66 Å². The van der Waals surface area contributed by atoms with E-state index >= 15 is 0 Å². The van der Waals surface area contributed by atoms with E-state index in [1.165, 1.54) is 24.3 Å². The average molecular weight is 402 g/mol. The molecule has 0 spiro atoms. The summed E-state index contributed by atoms with van der Waals surface area (Å²) >= 11 is 0. The minimum atomic E-state index is -0.798. The number of amides is 2. The molecular weight excluding hydrogens is 379 g/mol. The lowest BCUT2D eigenvalue weighted by molar-refractivity contribution is -0.122. The Morgan fingerprint density at radius 1 is 1.28 bits per heavy atom. The van der Waals surface area contributed by atoms with Gasteiger partial charge in [-0.15, -0.1) is 5.06 Å². The number of hydrogen-bond donors (Lipinski definition) is 4. The summed E-state index contributed by atoms with van der Waals surface area (Å²) in [5.41, 5.74) is 0.693. The molecule has 2 heterocycles. The number of hydroxylamine groups is 2. The molecule has 4 N–H and O–H groups in total. The molecule has 9 heteroatoms. The lowest BCUT2D eigenvalue weighted by Gasteiger charge is -2.26. The van der Waals surface area contributed by atoms with Crippen LogP contribution in [0.4, 0.5) is 14.9 Å². The smallest absolute Gasteiger partial charge is 0.320 e. The van der Waals surface area contributed by atoms with Crippen molar-refractivity contribution < 1.29 is 23.9 Å². The summed E-state index contributed by atoms with van der Waals surface area (Å²) < 4.78 is 18.3. The number of carbonyl (C=O) groups excluding carboxylic acids is 1. The van der Waals surface area contributed by atoms with E-state index in [1.807, 2.05) is 24.3 Å². The SMILES string of the molecule is COc1ccc(C2CN[C@H]3N(OCCO)C23NC(=O)Nc2ccc(F)cc2)cc1. The maximum Gasteiger partial charge on any atom is 0.320 e. The molecule has 2 aromatic rings. The van der Waals surface area contributed by atoms with Gasteiger partial charge in [-0.2, -0.15) is 0 Å². The molecule has 2 saturated heterocycles. The first kappa shape index (κ1) is 19.6. The predicted molar refractivity (Wildman–Crippen MR) is 104 cm³/mol. The molecule has 0 saturated carbocycles. The minimum absolute atomic E-state index is 0.0870. The minimum Gasteiger partial charge on any atom is -0.497 e. The Labute approximate surface area is 167 Å². The van der Waals surface area contributed by atoms with Gasteiger partial charge in [-0.05, 0) is 42.0 Å². The van der Waals surface area contributed by atoms with Crippen molar-refractivity contribution in [1.29, 1.82) is 0 Å². The van der Waals surface area contributed by atoms with Gasteiger partial charge in [0.1, 0.15) is 17.7 Å². The molecule has 29 heavy (non-hydrogen) atoms. The van der Waals surface area contributed by atoms with Crippen molar-refractivity contribution in [3.63, 3.8) is 0 Å². The molecule has 2 aromatic carbocycles. The van der Waals surface area contributed by atoms with E-state index in [0.717, 1.165) is 11.3 Å². The largest absolute Gasteiger partial charge is 0.497 e. The summed E-state index contributed by atoms with van der Waals surface area (Å²) in [6.45, 7) is 0.637. The van der Waals surface area contributed by atoms with Gasteiger partial charge < -0.3 is 20.5 Å². The van der Waals surface area contributed by atoms with Crippen LogP contribution in [0.3, 0.4) is 0 Å². The monoisotopic (exact) mass is 402 g/mol. The van der Waals surface area contributed by atoms with Gasteiger partial charge in [0, 0.05) is 18.2 Å². The van der Waals surface area contributed by atoms with Crippen LogP contribution < -0.4 is 20.7 Å². The zero-order valence-corrected chi connectivity index (χ0v) is 15.9. The Hall–Kier alpha value is -2.72.